The maximum absolute atomic E-state index is 10.8. The highest BCUT2D eigenvalue weighted by atomic mass is 32.2. The largest absolute Gasteiger partial charge is 0.497 e. The summed E-state index contributed by atoms with van der Waals surface area (Å²) in [6.45, 7) is -0.0965. The molecule has 4 nitrogen and oxygen atoms in total. The molecule has 5 heteroatoms. The summed E-state index contributed by atoms with van der Waals surface area (Å²) >= 11 is 1.49. The van der Waals surface area contributed by atoms with Gasteiger partial charge in [-0.3, -0.25) is 10.1 Å². The third kappa shape index (κ3) is 3.99. The van der Waals surface area contributed by atoms with Crippen LogP contribution in [0.1, 0.15) is 10.8 Å². The molecule has 0 saturated carbocycles. The Hall–Kier alpha value is -2.01. The number of hydrogen-bond acceptors (Lipinski definition) is 4. The van der Waals surface area contributed by atoms with Crippen LogP contribution in [0.2, 0.25) is 0 Å². The van der Waals surface area contributed by atoms with E-state index in [0.29, 0.717) is 0 Å². The minimum Gasteiger partial charge on any atom is -0.497 e. The van der Waals surface area contributed by atoms with E-state index in [1.165, 1.54) is 11.8 Å². The first kappa shape index (κ1) is 14.4. The molecule has 104 valence electrons. The van der Waals surface area contributed by atoms with E-state index in [2.05, 4.69) is 0 Å². The zero-order chi connectivity index (χ0) is 14.4. The summed E-state index contributed by atoms with van der Waals surface area (Å²) in [6.07, 6.45) is 0. The maximum atomic E-state index is 10.8. The van der Waals surface area contributed by atoms with E-state index in [4.69, 9.17) is 4.74 Å². The monoisotopic (exact) mass is 289 g/mol. The Morgan fingerprint density at radius 2 is 1.80 bits per heavy atom. The minimum atomic E-state index is -0.270. The van der Waals surface area contributed by atoms with Crippen molar-refractivity contribution in [1.29, 1.82) is 0 Å². The molecule has 2 rings (SSSR count). The maximum Gasteiger partial charge on any atom is 0.220 e. The van der Waals surface area contributed by atoms with Gasteiger partial charge in [0.1, 0.15) is 5.75 Å². The zero-order valence-electron chi connectivity index (χ0n) is 11.1. The summed E-state index contributed by atoms with van der Waals surface area (Å²) in [5.74, 6) is 0.778. The highest BCUT2D eigenvalue weighted by molar-refractivity contribution is 7.99. The predicted molar refractivity (Wildman–Crippen MR) is 79.9 cm³/mol. The smallest absolute Gasteiger partial charge is 0.220 e. The van der Waals surface area contributed by atoms with E-state index in [1.807, 2.05) is 54.6 Å². The molecular weight excluding hydrogens is 274 g/mol. The van der Waals surface area contributed by atoms with Crippen molar-refractivity contribution in [3.8, 4) is 5.75 Å². The summed E-state index contributed by atoms with van der Waals surface area (Å²) in [7, 11) is 1.61. The van der Waals surface area contributed by atoms with Crippen LogP contribution in [0.25, 0.3) is 0 Å². The zero-order valence-corrected chi connectivity index (χ0v) is 11.9. The van der Waals surface area contributed by atoms with E-state index in [0.717, 1.165) is 16.2 Å². The van der Waals surface area contributed by atoms with Crippen LogP contribution in [0.15, 0.2) is 59.5 Å². The summed E-state index contributed by atoms with van der Waals surface area (Å²) in [5.41, 5.74) is 0.963. The molecule has 0 fully saturated rings. The van der Waals surface area contributed by atoms with Gasteiger partial charge in [-0.1, -0.05) is 30.3 Å². The Bertz CT molecular complexity index is 557. The van der Waals surface area contributed by atoms with E-state index < -0.39 is 0 Å². The molecule has 0 aliphatic rings. The Morgan fingerprint density at radius 1 is 1.15 bits per heavy atom. The first-order chi connectivity index (χ1) is 9.69. The second-order valence-electron chi connectivity index (χ2n) is 4.21. The van der Waals surface area contributed by atoms with Crippen LogP contribution in [-0.2, 0) is 0 Å². The van der Waals surface area contributed by atoms with Gasteiger partial charge in [-0.05, 0) is 29.8 Å². The Morgan fingerprint density at radius 3 is 2.35 bits per heavy atom. The lowest BCUT2D eigenvalue weighted by atomic mass is 10.1. The highest BCUT2D eigenvalue weighted by Crippen LogP contribution is 2.35. The second kappa shape index (κ2) is 6.96. The summed E-state index contributed by atoms with van der Waals surface area (Å²) in [4.78, 5) is 11.6. The van der Waals surface area contributed by atoms with Gasteiger partial charge >= 0.3 is 0 Å². The number of nitro groups is 1. The van der Waals surface area contributed by atoms with Gasteiger partial charge < -0.3 is 4.74 Å². The molecule has 20 heavy (non-hydrogen) atoms. The Balaban J connectivity index is 2.16. The van der Waals surface area contributed by atoms with Crippen molar-refractivity contribution in [2.75, 3.05) is 13.7 Å². The van der Waals surface area contributed by atoms with Crippen LogP contribution in [0, 0.1) is 10.1 Å². The van der Waals surface area contributed by atoms with Gasteiger partial charge in [-0.15, -0.1) is 11.8 Å². The number of benzene rings is 2. The van der Waals surface area contributed by atoms with Gasteiger partial charge in [0.05, 0.1) is 12.4 Å². The Labute approximate surface area is 121 Å². The first-order valence-corrected chi connectivity index (χ1v) is 7.04. The normalized spacial score (nSPS) is 11.8. The molecule has 1 atom stereocenters. The molecule has 0 heterocycles. The number of nitrogens with zero attached hydrogens (tertiary/aromatic N) is 1. The Kier molecular flexibility index (Phi) is 5.01. The fourth-order valence-electron chi connectivity index (χ4n) is 1.83. The third-order valence-electron chi connectivity index (χ3n) is 2.82. The van der Waals surface area contributed by atoms with E-state index in [1.54, 1.807) is 7.11 Å². The summed E-state index contributed by atoms with van der Waals surface area (Å²) in [6, 6.07) is 17.1. The second-order valence-corrected chi connectivity index (χ2v) is 5.48. The average molecular weight is 289 g/mol. The molecule has 0 bridgehead atoms. The van der Waals surface area contributed by atoms with Crippen molar-refractivity contribution >= 4 is 11.8 Å². The molecule has 0 spiro atoms. The van der Waals surface area contributed by atoms with Gasteiger partial charge in [0, 0.05) is 9.82 Å². The molecule has 0 amide bonds. The van der Waals surface area contributed by atoms with E-state index in [-0.39, 0.29) is 16.7 Å². The fraction of sp³-hybridized carbons (Fsp3) is 0.200. The summed E-state index contributed by atoms with van der Waals surface area (Å²) in [5, 5.41) is 10.7. The van der Waals surface area contributed by atoms with E-state index >= 15 is 0 Å². The molecule has 2 aromatic rings. The number of hydrogen-bond donors (Lipinski definition) is 0. The SMILES string of the molecule is COc1ccc(S[C@H](C[N+](=O)[O-])c2ccccc2)cc1. The molecule has 2 aromatic carbocycles. The molecule has 0 aromatic heterocycles. The van der Waals surface area contributed by atoms with Crippen LogP contribution in [0.3, 0.4) is 0 Å². The predicted octanol–water partition coefficient (Wildman–Crippen LogP) is 3.81. The number of thioether (sulfide) groups is 1. The van der Waals surface area contributed by atoms with Crippen molar-refractivity contribution in [3.63, 3.8) is 0 Å². The van der Waals surface area contributed by atoms with Gasteiger partial charge in [0.2, 0.25) is 6.54 Å². The third-order valence-corrected chi connectivity index (χ3v) is 4.07. The molecule has 0 aliphatic heterocycles. The van der Waals surface area contributed by atoms with Crippen molar-refractivity contribution in [3.05, 3.63) is 70.3 Å². The van der Waals surface area contributed by atoms with Gasteiger partial charge in [-0.2, -0.15) is 0 Å². The lowest BCUT2D eigenvalue weighted by Gasteiger charge is -2.13. The van der Waals surface area contributed by atoms with Crippen LogP contribution in [0.4, 0.5) is 0 Å². The van der Waals surface area contributed by atoms with Crippen LogP contribution < -0.4 is 4.74 Å². The molecule has 0 N–H and O–H groups in total. The quantitative estimate of drug-likeness (QED) is 0.461. The summed E-state index contributed by atoms with van der Waals surface area (Å²) < 4.78 is 5.11. The fourth-order valence-corrected chi connectivity index (χ4v) is 2.94. The van der Waals surface area contributed by atoms with Gasteiger partial charge in [-0.25, -0.2) is 0 Å². The number of ether oxygens (including phenoxy) is 1. The molecule has 0 radical (unpaired) electrons. The lowest BCUT2D eigenvalue weighted by Crippen LogP contribution is -2.09. The molecule has 0 unspecified atom stereocenters. The van der Waals surface area contributed by atoms with Crippen molar-refractivity contribution in [2.24, 2.45) is 0 Å². The number of rotatable bonds is 6. The highest BCUT2D eigenvalue weighted by Gasteiger charge is 2.19. The standard InChI is InChI=1S/C15H15NO3S/c1-19-13-7-9-14(10-8-13)20-15(11-16(17)18)12-5-3-2-4-6-12/h2-10,15H,11H2,1H3/t15-/m1/s1. The minimum absolute atomic E-state index is 0.0965. The van der Waals surface area contributed by atoms with Crippen LogP contribution in [0.5, 0.6) is 5.75 Å². The molecule has 0 aliphatic carbocycles. The average Bonchev–Trinajstić information content (AvgIpc) is 2.48. The van der Waals surface area contributed by atoms with Crippen LogP contribution >= 0.6 is 11.8 Å². The van der Waals surface area contributed by atoms with Crippen molar-refractivity contribution < 1.29 is 9.66 Å². The number of methoxy groups -OCH3 is 1. The van der Waals surface area contributed by atoms with E-state index in [9.17, 15) is 10.1 Å². The van der Waals surface area contributed by atoms with Crippen molar-refractivity contribution in [1.82, 2.24) is 0 Å². The molecule has 0 saturated heterocycles. The first-order valence-electron chi connectivity index (χ1n) is 6.16. The van der Waals surface area contributed by atoms with Gasteiger partial charge in [0.15, 0.2) is 0 Å². The topological polar surface area (TPSA) is 52.4 Å². The lowest BCUT2D eigenvalue weighted by molar-refractivity contribution is -0.479. The van der Waals surface area contributed by atoms with Crippen LogP contribution in [-0.4, -0.2) is 18.6 Å². The van der Waals surface area contributed by atoms with Gasteiger partial charge in [0.25, 0.3) is 0 Å². The molecular formula is C15H15NO3S. The van der Waals surface area contributed by atoms with Crippen molar-refractivity contribution in [2.45, 2.75) is 10.1 Å².